The molecule has 4 rings (SSSR count). The third-order valence-electron chi connectivity index (χ3n) is 4.90. The molecule has 3 aromatic rings. The largest absolute Gasteiger partial charge is 0.484 e. The molecular weight excluding hydrogens is 341 g/mol. The Morgan fingerprint density at radius 3 is 2.78 bits per heavy atom. The molecule has 1 fully saturated rings. The maximum absolute atomic E-state index is 14.0. The molecule has 0 radical (unpaired) electrons. The number of benzene rings is 2. The quantitative estimate of drug-likeness (QED) is 0.674. The second kappa shape index (κ2) is 7.24. The van der Waals surface area contributed by atoms with Crippen LogP contribution in [0.2, 0.25) is 0 Å². The molecule has 2 aromatic carbocycles. The number of fused-ring (bicyclic) bond motifs is 1. The Kier molecular flexibility index (Phi) is 4.64. The van der Waals surface area contributed by atoms with Crippen LogP contribution < -0.4 is 9.64 Å². The number of nitrogens with zero attached hydrogens (tertiary/aromatic N) is 3. The van der Waals surface area contributed by atoms with Crippen molar-refractivity contribution in [1.29, 1.82) is 5.26 Å². The van der Waals surface area contributed by atoms with Crippen LogP contribution >= 0.6 is 0 Å². The van der Waals surface area contributed by atoms with Crippen LogP contribution in [0.4, 0.5) is 10.1 Å². The van der Waals surface area contributed by atoms with Crippen LogP contribution in [0.25, 0.3) is 10.9 Å². The molecule has 0 amide bonds. The van der Waals surface area contributed by atoms with Gasteiger partial charge in [-0.15, -0.1) is 0 Å². The van der Waals surface area contributed by atoms with Crippen LogP contribution in [0, 0.1) is 24.1 Å². The Morgan fingerprint density at radius 1 is 1.19 bits per heavy atom. The summed E-state index contributed by atoms with van der Waals surface area (Å²) in [5, 5.41) is 10.3. The Labute approximate surface area is 157 Å². The molecular formula is C22H20FN3O. The minimum Gasteiger partial charge on any atom is -0.484 e. The molecule has 0 atom stereocenters. The van der Waals surface area contributed by atoms with Gasteiger partial charge in [-0.05, 0) is 49.6 Å². The van der Waals surface area contributed by atoms with Gasteiger partial charge >= 0.3 is 0 Å². The number of hydrogen-bond donors (Lipinski definition) is 0. The standard InChI is InChI=1S/C22H20FN3O/c1-15-11-21(26-9-2-3-10-26)18-8-7-16(12-20(18)25-15)14-27-22-17(13-24)5-4-6-19(22)23/h4-8,11-12H,2-3,9-10,14H2,1H3. The molecule has 1 aliphatic rings. The number of halogens is 1. The van der Waals surface area contributed by atoms with Crippen LogP contribution in [0.15, 0.2) is 42.5 Å². The van der Waals surface area contributed by atoms with E-state index in [2.05, 4.69) is 22.0 Å². The van der Waals surface area contributed by atoms with E-state index in [1.165, 1.54) is 30.7 Å². The second-order valence-corrected chi connectivity index (χ2v) is 6.85. The lowest BCUT2D eigenvalue weighted by atomic mass is 10.1. The molecule has 0 bridgehead atoms. The van der Waals surface area contributed by atoms with Crippen molar-refractivity contribution >= 4 is 16.6 Å². The van der Waals surface area contributed by atoms with E-state index in [-0.39, 0.29) is 17.9 Å². The van der Waals surface area contributed by atoms with E-state index in [0.717, 1.165) is 35.2 Å². The van der Waals surface area contributed by atoms with E-state index >= 15 is 0 Å². The van der Waals surface area contributed by atoms with E-state index in [4.69, 9.17) is 10.00 Å². The van der Waals surface area contributed by atoms with Crippen molar-refractivity contribution in [1.82, 2.24) is 4.98 Å². The number of ether oxygens (including phenoxy) is 1. The summed E-state index contributed by atoms with van der Waals surface area (Å²) in [6.45, 7) is 4.34. The highest BCUT2D eigenvalue weighted by atomic mass is 19.1. The van der Waals surface area contributed by atoms with Gasteiger partial charge in [-0.25, -0.2) is 4.39 Å². The summed E-state index contributed by atoms with van der Waals surface area (Å²) in [4.78, 5) is 7.07. The van der Waals surface area contributed by atoms with E-state index in [9.17, 15) is 4.39 Å². The number of para-hydroxylation sites is 1. The summed E-state index contributed by atoms with van der Waals surface area (Å²) in [5.74, 6) is -0.532. The van der Waals surface area contributed by atoms with Gasteiger partial charge in [-0.2, -0.15) is 5.26 Å². The minimum absolute atomic E-state index is 0.00458. The lowest BCUT2D eigenvalue weighted by Gasteiger charge is -2.20. The number of rotatable bonds is 4. The summed E-state index contributed by atoms with van der Waals surface area (Å²) in [7, 11) is 0. The van der Waals surface area contributed by atoms with Crippen molar-refractivity contribution in [3.63, 3.8) is 0 Å². The molecule has 0 aliphatic carbocycles. The highest BCUT2D eigenvalue weighted by Gasteiger charge is 2.16. The SMILES string of the molecule is Cc1cc(N2CCCC2)c2ccc(COc3c(F)cccc3C#N)cc2n1. The molecule has 0 unspecified atom stereocenters. The van der Waals surface area contributed by atoms with Gasteiger partial charge in [0, 0.05) is 29.9 Å². The zero-order valence-electron chi connectivity index (χ0n) is 15.2. The van der Waals surface area contributed by atoms with Crippen LogP contribution in [0.1, 0.15) is 29.7 Å². The van der Waals surface area contributed by atoms with Gasteiger partial charge in [0.05, 0.1) is 11.1 Å². The predicted molar refractivity (Wildman–Crippen MR) is 103 cm³/mol. The highest BCUT2D eigenvalue weighted by Crippen LogP contribution is 2.30. The topological polar surface area (TPSA) is 49.1 Å². The normalized spacial score (nSPS) is 13.7. The van der Waals surface area contributed by atoms with Crippen molar-refractivity contribution in [2.45, 2.75) is 26.4 Å². The predicted octanol–water partition coefficient (Wildman–Crippen LogP) is 4.73. The van der Waals surface area contributed by atoms with Gasteiger partial charge in [0.15, 0.2) is 11.6 Å². The Hall–Kier alpha value is -3.13. The van der Waals surface area contributed by atoms with Gasteiger partial charge in [0.25, 0.3) is 0 Å². The van der Waals surface area contributed by atoms with Gasteiger partial charge in [-0.3, -0.25) is 4.98 Å². The second-order valence-electron chi connectivity index (χ2n) is 6.85. The summed E-state index contributed by atoms with van der Waals surface area (Å²) >= 11 is 0. The lowest BCUT2D eigenvalue weighted by Crippen LogP contribution is -2.18. The molecule has 0 spiro atoms. The van der Waals surface area contributed by atoms with E-state index in [1.807, 2.05) is 25.1 Å². The third kappa shape index (κ3) is 3.43. The number of pyridine rings is 1. The molecule has 1 saturated heterocycles. The summed E-state index contributed by atoms with van der Waals surface area (Å²) < 4.78 is 19.6. The Balaban J connectivity index is 1.64. The Morgan fingerprint density at radius 2 is 2.00 bits per heavy atom. The van der Waals surface area contributed by atoms with E-state index in [1.54, 1.807) is 6.07 Å². The number of hydrogen-bond acceptors (Lipinski definition) is 4. The van der Waals surface area contributed by atoms with Crippen molar-refractivity contribution < 1.29 is 9.13 Å². The van der Waals surface area contributed by atoms with Gasteiger partial charge in [0.2, 0.25) is 0 Å². The first kappa shape index (κ1) is 17.3. The first-order chi connectivity index (χ1) is 13.2. The molecule has 0 saturated carbocycles. The fourth-order valence-corrected chi connectivity index (χ4v) is 3.59. The zero-order valence-corrected chi connectivity index (χ0v) is 15.2. The minimum atomic E-state index is -0.528. The van der Waals surface area contributed by atoms with E-state index in [0.29, 0.717) is 0 Å². The summed E-state index contributed by atoms with van der Waals surface area (Å²) in [6.07, 6.45) is 2.44. The highest BCUT2D eigenvalue weighted by molar-refractivity contribution is 5.92. The first-order valence-corrected chi connectivity index (χ1v) is 9.12. The van der Waals surface area contributed by atoms with Crippen LogP contribution in [-0.4, -0.2) is 18.1 Å². The number of anilines is 1. The lowest BCUT2D eigenvalue weighted by molar-refractivity contribution is 0.289. The van der Waals surface area contributed by atoms with Crippen molar-refractivity contribution in [2.24, 2.45) is 0 Å². The molecule has 27 heavy (non-hydrogen) atoms. The van der Waals surface area contributed by atoms with Gasteiger partial charge in [0.1, 0.15) is 12.7 Å². The van der Waals surface area contributed by atoms with Gasteiger partial charge < -0.3 is 9.64 Å². The number of aromatic nitrogens is 1. The fourth-order valence-electron chi connectivity index (χ4n) is 3.59. The molecule has 5 heteroatoms. The summed E-state index contributed by atoms with van der Waals surface area (Å²) in [6, 6.07) is 14.5. The molecule has 4 nitrogen and oxygen atoms in total. The monoisotopic (exact) mass is 361 g/mol. The molecule has 136 valence electrons. The van der Waals surface area contributed by atoms with Crippen molar-refractivity contribution in [3.05, 3.63) is 65.1 Å². The van der Waals surface area contributed by atoms with Crippen LogP contribution in [0.3, 0.4) is 0 Å². The van der Waals surface area contributed by atoms with E-state index < -0.39 is 5.82 Å². The maximum Gasteiger partial charge on any atom is 0.173 e. The zero-order chi connectivity index (χ0) is 18.8. The summed E-state index contributed by atoms with van der Waals surface area (Å²) in [5.41, 5.74) is 4.19. The number of aryl methyl sites for hydroxylation is 1. The maximum atomic E-state index is 14.0. The van der Waals surface area contributed by atoms with Gasteiger partial charge in [-0.1, -0.05) is 18.2 Å². The molecule has 2 heterocycles. The molecule has 0 N–H and O–H groups in total. The average Bonchev–Trinajstić information content (AvgIpc) is 3.20. The van der Waals surface area contributed by atoms with Crippen LogP contribution in [0.5, 0.6) is 5.75 Å². The molecule has 1 aromatic heterocycles. The van der Waals surface area contributed by atoms with Crippen molar-refractivity contribution in [2.75, 3.05) is 18.0 Å². The Bertz CT molecular complexity index is 1040. The fraction of sp³-hybridized carbons (Fsp3) is 0.273. The smallest absolute Gasteiger partial charge is 0.173 e. The number of nitriles is 1. The molecule has 1 aliphatic heterocycles. The van der Waals surface area contributed by atoms with Crippen molar-refractivity contribution in [3.8, 4) is 11.8 Å². The third-order valence-corrected chi connectivity index (χ3v) is 4.90. The van der Waals surface area contributed by atoms with Crippen LogP contribution in [-0.2, 0) is 6.61 Å². The average molecular weight is 361 g/mol. The first-order valence-electron chi connectivity index (χ1n) is 9.12.